The van der Waals surface area contributed by atoms with E-state index >= 15 is 0 Å². The summed E-state index contributed by atoms with van der Waals surface area (Å²) in [4.78, 5) is 0. The Morgan fingerprint density at radius 2 is 2.17 bits per heavy atom. The van der Waals surface area contributed by atoms with Crippen molar-refractivity contribution in [2.24, 2.45) is 17.1 Å². The molecule has 0 heterocycles. The van der Waals surface area contributed by atoms with E-state index in [0.29, 0.717) is 5.41 Å². The normalized spacial score (nSPS) is 31.9. The summed E-state index contributed by atoms with van der Waals surface area (Å²) in [5, 5.41) is 0. The Morgan fingerprint density at radius 3 is 2.67 bits per heavy atom. The molecule has 0 aliphatic heterocycles. The highest BCUT2D eigenvalue weighted by molar-refractivity contribution is 5.04. The molecule has 1 fully saturated rings. The standard InChI is InChI=1S/C11H19N/c12-9-8-11(6-7-11)10-4-2-1-3-5-10/h1-2,10H,3-9,12H2. The first-order chi connectivity index (χ1) is 5.87. The van der Waals surface area contributed by atoms with Crippen LogP contribution in [-0.4, -0.2) is 6.54 Å². The molecule has 0 saturated heterocycles. The second-order valence-corrected chi connectivity index (χ2v) is 4.38. The predicted molar refractivity (Wildman–Crippen MR) is 51.8 cm³/mol. The first-order valence-electron chi connectivity index (χ1n) is 5.22. The van der Waals surface area contributed by atoms with E-state index < -0.39 is 0 Å². The van der Waals surface area contributed by atoms with Crippen LogP contribution in [0.4, 0.5) is 0 Å². The lowest BCUT2D eigenvalue weighted by Gasteiger charge is -2.27. The highest BCUT2D eigenvalue weighted by Gasteiger charge is 2.47. The molecule has 0 radical (unpaired) electrons. The van der Waals surface area contributed by atoms with Crippen molar-refractivity contribution in [3.05, 3.63) is 12.2 Å². The average molecular weight is 165 g/mol. The van der Waals surface area contributed by atoms with Crippen LogP contribution in [0.1, 0.15) is 38.5 Å². The molecule has 0 bridgehead atoms. The lowest BCUT2D eigenvalue weighted by molar-refractivity contribution is 0.270. The summed E-state index contributed by atoms with van der Waals surface area (Å²) < 4.78 is 0. The van der Waals surface area contributed by atoms with E-state index in [-0.39, 0.29) is 0 Å². The molecule has 68 valence electrons. The molecule has 1 nitrogen and oxygen atoms in total. The summed E-state index contributed by atoms with van der Waals surface area (Å²) in [7, 11) is 0. The zero-order valence-electron chi connectivity index (χ0n) is 7.76. The molecule has 12 heavy (non-hydrogen) atoms. The fourth-order valence-corrected chi connectivity index (χ4v) is 2.66. The van der Waals surface area contributed by atoms with Gasteiger partial charge in [0.05, 0.1) is 0 Å². The zero-order valence-corrected chi connectivity index (χ0v) is 7.76. The van der Waals surface area contributed by atoms with Gasteiger partial charge in [-0.3, -0.25) is 0 Å². The van der Waals surface area contributed by atoms with Crippen molar-refractivity contribution in [2.75, 3.05) is 6.54 Å². The molecular formula is C11H19N. The van der Waals surface area contributed by atoms with Gasteiger partial charge >= 0.3 is 0 Å². The number of nitrogens with two attached hydrogens (primary N) is 1. The second kappa shape index (κ2) is 3.21. The van der Waals surface area contributed by atoms with E-state index in [1.807, 2.05) is 0 Å². The molecule has 1 unspecified atom stereocenters. The lowest BCUT2D eigenvalue weighted by Crippen LogP contribution is -2.20. The largest absolute Gasteiger partial charge is 0.330 e. The van der Waals surface area contributed by atoms with Crippen LogP contribution in [0.25, 0.3) is 0 Å². The Kier molecular flexibility index (Phi) is 2.22. The molecule has 2 N–H and O–H groups in total. The number of hydrogen-bond donors (Lipinski definition) is 1. The predicted octanol–water partition coefficient (Wildman–Crippen LogP) is 2.47. The molecule has 1 atom stereocenters. The third-order valence-electron chi connectivity index (χ3n) is 3.67. The smallest absolute Gasteiger partial charge is 0.00719 e. The maximum absolute atomic E-state index is 5.64. The maximum Gasteiger partial charge on any atom is -0.00719 e. The summed E-state index contributed by atoms with van der Waals surface area (Å²) in [5.74, 6) is 0.964. The molecule has 0 aromatic rings. The molecule has 0 aromatic carbocycles. The van der Waals surface area contributed by atoms with E-state index in [1.165, 1.54) is 38.5 Å². The number of allylic oxidation sites excluding steroid dienone is 2. The SMILES string of the molecule is NCCC1(C2CC=CCC2)CC1. The molecule has 1 heteroatoms. The van der Waals surface area contributed by atoms with Gasteiger partial charge in [0.1, 0.15) is 0 Å². The van der Waals surface area contributed by atoms with Crippen molar-refractivity contribution in [1.82, 2.24) is 0 Å². The van der Waals surface area contributed by atoms with E-state index in [2.05, 4.69) is 12.2 Å². The molecule has 0 spiro atoms. The minimum Gasteiger partial charge on any atom is -0.330 e. The molecule has 2 rings (SSSR count). The van der Waals surface area contributed by atoms with Crippen molar-refractivity contribution in [3.63, 3.8) is 0 Å². The Morgan fingerprint density at radius 1 is 1.33 bits per heavy atom. The van der Waals surface area contributed by atoms with Crippen LogP contribution in [0.5, 0.6) is 0 Å². The van der Waals surface area contributed by atoms with Crippen LogP contribution in [0.15, 0.2) is 12.2 Å². The molecular weight excluding hydrogens is 146 g/mol. The quantitative estimate of drug-likeness (QED) is 0.639. The second-order valence-electron chi connectivity index (χ2n) is 4.38. The maximum atomic E-state index is 5.64. The van der Waals surface area contributed by atoms with Gasteiger partial charge < -0.3 is 5.73 Å². The minimum atomic E-state index is 0.694. The van der Waals surface area contributed by atoms with Gasteiger partial charge in [0.2, 0.25) is 0 Å². The van der Waals surface area contributed by atoms with Gasteiger partial charge in [-0.05, 0) is 56.4 Å². The Bertz CT molecular complexity index is 179. The molecule has 0 amide bonds. The number of rotatable bonds is 3. The summed E-state index contributed by atoms with van der Waals surface area (Å²) in [6.07, 6.45) is 12.9. The highest BCUT2D eigenvalue weighted by Crippen LogP contribution is 2.57. The first-order valence-corrected chi connectivity index (χ1v) is 5.22. The lowest BCUT2D eigenvalue weighted by atomic mass is 9.78. The van der Waals surface area contributed by atoms with E-state index in [9.17, 15) is 0 Å². The highest BCUT2D eigenvalue weighted by atomic mass is 14.6. The van der Waals surface area contributed by atoms with Crippen LogP contribution in [0, 0.1) is 11.3 Å². The monoisotopic (exact) mass is 165 g/mol. The molecule has 1 saturated carbocycles. The van der Waals surface area contributed by atoms with E-state index in [4.69, 9.17) is 5.73 Å². The third kappa shape index (κ3) is 1.42. The van der Waals surface area contributed by atoms with Crippen LogP contribution in [0.3, 0.4) is 0 Å². The van der Waals surface area contributed by atoms with Crippen LogP contribution < -0.4 is 5.73 Å². The number of hydrogen-bond acceptors (Lipinski definition) is 1. The Hall–Kier alpha value is -0.300. The fraction of sp³-hybridized carbons (Fsp3) is 0.818. The van der Waals surface area contributed by atoms with Gasteiger partial charge in [-0.15, -0.1) is 0 Å². The summed E-state index contributed by atoms with van der Waals surface area (Å²) in [5.41, 5.74) is 6.34. The van der Waals surface area contributed by atoms with Crippen LogP contribution >= 0.6 is 0 Å². The fourth-order valence-electron chi connectivity index (χ4n) is 2.66. The van der Waals surface area contributed by atoms with Crippen molar-refractivity contribution in [2.45, 2.75) is 38.5 Å². The van der Waals surface area contributed by atoms with Gasteiger partial charge in [-0.25, -0.2) is 0 Å². The summed E-state index contributed by atoms with van der Waals surface area (Å²) >= 11 is 0. The van der Waals surface area contributed by atoms with Crippen molar-refractivity contribution >= 4 is 0 Å². The van der Waals surface area contributed by atoms with Crippen molar-refractivity contribution < 1.29 is 0 Å². The van der Waals surface area contributed by atoms with Crippen LogP contribution in [-0.2, 0) is 0 Å². The van der Waals surface area contributed by atoms with Gasteiger partial charge in [-0.1, -0.05) is 12.2 Å². The van der Waals surface area contributed by atoms with E-state index in [1.54, 1.807) is 0 Å². The summed E-state index contributed by atoms with van der Waals surface area (Å²) in [6, 6.07) is 0. The Balaban J connectivity index is 1.94. The molecule has 0 aromatic heterocycles. The summed E-state index contributed by atoms with van der Waals surface area (Å²) in [6.45, 7) is 0.889. The Labute approximate surface area is 75.0 Å². The first kappa shape index (κ1) is 8.31. The third-order valence-corrected chi connectivity index (χ3v) is 3.67. The minimum absolute atomic E-state index is 0.694. The van der Waals surface area contributed by atoms with Gasteiger partial charge in [0.25, 0.3) is 0 Å². The van der Waals surface area contributed by atoms with Gasteiger partial charge in [-0.2, -0.15) is 0 Å². The van der Waals surface area contributed by atoms with E-state index in [0.717, 1.165) is 12.5 Å². The average Bonchev–Trinajstić information content (AvgIpc) is 2.88. The molecule has 2 aliphatic carbocycles. The van der Waals surface area contributed by atoms with Gasteiger partial charge in [0.15, 0.2) is 0 Å². The van der Waals surface area contributed by atoms with Crippen molar-refractivity contribution in [3.8, 4) is 0 Å². The van der Waals surface area contributed by atoms with Gasteiger partial charge in [0, 0.05) is 0 Å². The van der Waals surface area contributed by atoms with Crippen LogP contribution in [0.2, 0.25) is 0 Å². The van der Waals surface area contributed by atoms with Crippen molar-refractivity contribution in [1.29, 1.82) is 0 Å². The zero-order chi connectivity index (χ0) is 8.44. The molecule has 2 aliphatic rings. The topological polar surface area (TPSA) is 26.0 Å².